The van der Waals surface area contributed by atoms with Crippen LogP contribution in [0.4, 0.5) is 0 Å². The molecule has 70 valence electrons. The van der Waals surface area contributed by atoms with Crippen LogP contribution in [-0.2, 0) is 0 Å². The normalized spacial score (nSPS) is 23.5. The van der Waals surface area contributed by atoms with Crippen molar-refractivity contribution < 1.29 is 10.2 Å². The molecule has 1 rings (SSSR count). The standard InChI is InChI=1S/C5H13N5O2/c6-5(7)8-10(11,12)9-3-1-2-4-9/h11H,1-4H2,(H4,6,7,8). The second-order valence-electron chi connectivity index (χ2n) is 2.70. The van der Waals surface area contributed by atoms with Crippen LogP contribution in [0.2, 0.25) is 0 Å². The molecule has 5 N–H and O–H groups in total. The van der Waals surface area contributed by atoms with Crippen LogP contribution in [0.1, 0.15) is 12.8 Å². The van der Waals surface area contributed by atoms with Crippen molar-refractivity contribution in [2.75, 3.05) is 13.1 Å². The molecule has 0 aliphatic carbocycles. The Bertz CT molecular complexity index is 182. The zero-order valence-corrected chi connectivity index (χ0v) is 6.68. The van der Waals surface area contributed by atoms with Gasteiger partial charge in [-0.15, -0.1) is 0 Å². The highest BCUT2D eigenvalue weighted by atomic mass is 16.9. The van der Waals surface area contributed by atoms with E-state index in [0.29, 0.717) is 13.1 Å². The van der Waals surface area contributed by atoms with Gasteiger partial charge in [0.25, 0.3) is 5.96 Å². The van der Waals surface area contributed by atoms with Crippen molar-refractivity contribution >= 4 is 5.96 Å². The van der Waals surface area contributed by atoms with Crippen molar-refractivity contribution in [3.05, 3.63) is 5.21 Å². The summed E-state index contributed by atoms with van der Waals surface area (Å²) >= 11 is 0. The van der Waals surface area contributed by atoms with Crippen LogP contribution < -0.4 is 11.5 Å². The van der Waals surface area contributed by atoms with E-state index < -0.39 is 11.0 Å². The van der Waals surface area contributed by atoms with E-state index >= 15 is 0 Å². The first-order valence-electron chi connectivity index (χ1n) is 3.72. The Hall–Kier alpha value is -0.890. The number of rotatable bonds is 2. The molecular formula is C5H13N5O2. The SMILES string of the molecule is NC(N)=N[N+]([O-])(O)N1CCCC1. The van der Waals surface area contributed by atoms with E-state index in [4.69, 9.17) is 16.7 Å². The molecule has 0 aromatic carbocycles. The highest BCUT2D eigenvalue weighted by Gasteiger charge is 2.29. The lowest BCUT2D eigenvalue weighted by Gasteiger charge is -2.32. The lowest BCUT2D eigenvalue weighted by Crippen LogP contribution is -2.50. The van der Waals surface area contributed by atoms with Gasteiger partial charge in [0.2, 0.25) is 0 Å². The fourth-order valence-corrected chi connectivity index (χ4v) is 1.17. The molecular weight excluding hydrogens is 162 g/mol. The zero-order valence-electron chi connectivity index (χ0n) is 6.68. The molecule has 0 amide bonds. The van der Waals surface area contributed by atoms with Crippen LogP contribution in [0.25, 0.3) is 0 Å². The van der Waals surface area contributed by atoms with Gasteiger partial charge in [-0.2, -0.15) is 5.21 Å². The first-order chi connectivity index (χ1) is 5.52. The number of hydrogen-bond donors (Lipinski definition) is 3. The number of quaternary nitrogens is 1. The summed E-state index contributed by atoms with van der Waals surface area (Å²) in [7, 11) is 0. The van der Waals surface area contributed by atoms with E-state index in [9.17, 15) is 5.21 Å². The Kier molecular flexibility index (Phi) is 2.48. The number of nitrogens with two attached hydrogens (primary N) is 2. The van der Waals surface area contributed by atoms with Crippen LogP contribution in [0, 0.1) is 5.21 Å². The number of guanidine groups is 1. The predicted molar refractivity (Wildman–Crippen MR) is 42.0 cm³/mol. The maximum absolute atomic E-state index is 11.2. The van der Waals surface area contributed by atoms with Crippen molar-refractivity contribution in [1.82, 2.24) is 5.01 Å². The highest BCUT2D eigenvalue weighted by molar-refractivity contribution is 5.74. The van der Waals surface area contributed by atoms with Crippen LogP contribution in [0.15, 0.2) is 5.10 Å². The molecule has 1 aliphatic heterocycles. The maximum Gasteiger partial charge on any atom is 0.251 e. The lowest BCUT2D eigenvalue weighted by molar-refractivity contribution is -1.16. The Balaban J connectivity index is 2.63. The summed E-state index contributed by atoms with van der Waals surface area (Å²) in [6.07, 6.45) is 1.76. The second-order valence-corrected chi connectivity index (χ2v) is 2.70. The number of hydrogen-bond acceptors (Lipinski definition) is 4. The Morgan fingerprint density at radius 1 is 1.42 bits per heavy atom. The van der Waals surface area contributed by atoms with Gasteiger partial charge in [0.05, 0.1) is 13.1 Å². The average molecular weight is 175 g/mol. The largest absolute Gasteiger partial charge is 0.549 e. The molecule has 1 atom stereocenters. The second kappa shape index (κ2) is 3.23. The quantitative estimate of drug-likeness (QED) is 0.213. The molecule has 7 heteroatoms. The third kappa shape index (κ3) is 2.05. The molecule has 0 aromatic rings. The van der Waals surface area contributed by atoms with Crippen molar-refractivity contribution in [3.8, 4) is 0 Å². The minimum atomic E-state index is -1.83. The smallest absolute Gasteiger partial charge is 0.251 e. The average Bonchev–Trinajstić information content (AvgIpc) is 2.32. The summed E-state index contributed by atoms with van der Waals surface area (Å²) in [4.78, 5) is 0. The lowest BCUT2D eigenvalue weighted by atomic mass is 10.4. The van der Waals surface area contributed by atoms with Gasteiger partial charge in [0.15, 0.2) is 0 Å². The summed E-state index contributed by atoms with van der Waals surface area (Å²) in [5, 5.41) is 22.9. The Morgan fingerprint density at radius 2 is 1.92 bits per heavy atom. The van der Waals surface area contributed by atoms with Gasteiger partial charge >= 0.3 is 0 Å². The van der Waals surface area contributed by atoms with Gasteiger partial charge in [0, 0.05) is 5.10 Å². The third-order valence-corrected chi connectivity index (χ3v) is 1.70. The fraction of sp³-hybridized carbons (Fsp3) is 0.800. The number of nitrogens with zero attached hydrogens (tertiary/aromatic N) is 3. The van der Waals surface area contributed by atoms with E-state index in [1.165, 1.54) is 5.01 Å². The molecule has 1 aliphatic rings. The molecule has 1 heterocycles. The van der Waals surface area contributed by atoms with Crippen molar-refractivity contribution in [2.24, 2.45) is 16.6 Å². The molecule has 1 fully saturated rings. The molecule has 7 nitrogen and oxygen atoms in total. The molecule has 0 aromatic heterocycles. The minimum Gasteiger partial charge on any atom is -0.549 e. The third-order valence-electron chi connectivity index (χ3n) is 1.70. The van der Waals surface area contributed by atoms with Crippen molar-refractivity contribution in [2.45, 2.75) is 12.8 Å². The molecule has 0 spiro atoms. The summed E-state index contributed by atoms with van der Waals surface area (Å²) in [6.45, 7) is 1.02. The minimum absolute atomic E-state index is 0.417. The van der Waals surface area contributed by atoms with Crippen LogP contribution in [0.5, 0.6) is 0 Å². The van der Waals surface area contributed by atoms with E-state index in [1.807, 2.05) is 0 Å². The van der Waals surface area contributed by atoms with Crippen LogP contribution in [0.3, 0.4) is 0 Å². The monoisotopic (exact) mass is 175 g/mol. The van der Waals surface area contributed by atoms with Crippen LogP contribution in [-0.4, -0.2) is 34.3 Å². The molecule has 0 radical (unpaired) electrons. The van der Waals surface area contributed by atoms with E-state index in [1.54, 1.807) is 0 Å². The van der Waals surface area contributed by atoms with Crippen LogP contribution >= 0.6 is 0 Å². The Morgan fingerprint density at radius 3 is 2.33 bits per heavy atom. The molecule has 0 saturated carbocycles. The van der Waals surface area contributed by atoms with E-state index in [2.05, 4.69) is 5.10 Å². The maximum atomic E-state index is 11.2. The molecule has 1 unspecified atom stereocenters. The summed E-state index contributed by atoms with van der Waals surface area (Å²) in [5.41, 5.74) is 9.94. The van der Waals surface area contributed by atoms with Gasteiger partial charge in [-0.1, -0.05) is 5.01 Å². The zero-order chi connectivity index (χ0) is 9.19. The van der Waals surface area contributed by atoms with Gasteiger partial charge in [-0.05, 0) is 17.9 Å². The molecule has 12 heavy (non-hydrogen) atoms. The topological polar surface area (TPSA) is 111 Å². The van der Waals surface area contributed by atoms with Gasteiger partial charge < -0.3 is 16.7 Å². The van der Waals surface area contributed by atoms with Gasteiger partial charge in [-0.25, -0.2) is 0 Å². The summed E-state index contributed by atoms with van der Waals surface area (Å²) < 4.78 is 0. The first kappa shape index (κ1) is 9.20. The summed E-state index contributed by atoms with van der Waals surface area (Å²) in [5.74, 6) is -0.417. The first-order valence-corrected chi connectivity index (χ1v) is 3.72. The van der Waals surface area contributed by atoms with Crippen molar-refractivity contribution in [3.63, 3.8) is 0 Å². The Labute approximate surface area is 69.9 Å². The summed E-state index contributed by atoms with van der Waals surface area (Å²) in [6, 6.07) is 0. The van der Waals surface area contributed by atoms with Crippen molar-refractivity contribution in [1.29, 1.82) is 0 Å². The fourth-order valence-electron chi connectivity index (χ4n) is 1.17. The van der Waals surface area contributed by atoms with Gasteiger partial charge in [-0.3, -0.25) is 0 Å². The van der Waals surface area contributed by atoms with E-state index in [0.717, 1.165) is 12.8 Å². The van der Waals surface area contributed by atoms with E-state index in [-0.39, 0.29) is 0 Å². The highest BCUT2D eigenvalue weighted by Crippen LogP contribution is 2.15. The van der Waals surface area contributed by atoms with Gasteiger partial charge in [0.1, 0.15) is 0 Å². The molecule has 0 bridgehead atoms. The molecule has 1 saturated heterocycles. The predicted octanol–water partition coefficient (Wildman–Crippen LogP) is -1.11.